The summed E-state index contributed by atoms with van der Waals surface area (Å²) in [5.74, 6) is -1.04. The summed E-state index contributed by atoms with van der Waals surface area (Å²) in [7, 11) is 0. The van der Waals surface area contributed by atoms with Gasteiger partial charge in [-0.05, 0) is 30.2 Å². The molecule has 0 fully saturated rings. The van der Waals surface area contributed by atoms with E-state index in [0.29, 0.717) is 11.3 Å². The van der Waals surface area contributed by atoms with Gasteiger partial charge in [-0.2, -0.15) is 0 Å². The molecule has 0 aromatic heterocycles. The van der Waals surface area contributed by atoms with Crippen LogP contribution in [0.2, 0.25) is 0 Å². The number of alkyl halides is 1. The molecule has 6 heteroatoms. The van der Waals surface area contributed by atoms with Crippen LogP contribution in [0.3, 0.4) is 0 Å². The van der Waals surface area contributed by atoms with Crippen molar-refractivity contribution in [1.29, 1.82) is 0 Å². The highest BCUT2D eigenvalue weighted by atomic mass is 19.1. The van der Waals surface area contributed by atoms with E-state index in [9.17, 15) is 14.0 Å². The Labute approximate surface area is 110 Å². The third-order valence-corrected chi connectivity index (χ3v) is 2.16. The van der Waals surface area contributed by atoms with Crippen molar-refractivity contribution >= 4 is 23.8 Å². The fraction of sp³-hybridized carbons (Fsp3) is 0.231. The van der Waals surface area contributed by atoms with E-state index < -0.39 is 18.7 Å². The lowest BCUT2D eigenvalue weighted by Gasteiger charge is -2.07. The number of aliphatic carboxylic acids is 1. The maximum absolute atomic E-state index is 11.8. The highest BCUT2D eigenvalue weighted by Crippen LogP contribution is 2.11. The second-order valence-electron chi connectivity index (χ2n) is 3.72. The van der Waals surface area contributed by atoms with Crippen LogP contribution in [0.4, 0.5) is 14.9 Å². The Morgan fingerprint density at radius 1 is 1.37 bits per heavy atom. The van der Waals surface area contributed by atoms with Crippen LogP contribution in [-0.2, 0) is 4.79 Å². The molecule has 0 radical (unpaired) electrons. The fourth-order valence-corrected chi connectivity index (χ4v) is 1.33. The van der Waals surface area contributed by atoms with Crippen molar-refractivity contribution in [3.05, 3.63) is 35.9 Å². The van der Waals surface area contributed by atoms with E-state index in [1.807, 2.05) is 0 Å². The lowest BCUT2D eigenvalue weighted by atomic mass is 10.2. The van der Waals surface area contributed by atoms with Crippen molar-refractivity contribution in [2.24, 2.45) is 0 Å². The van der Waals surface area contributed by atoms with Crippen LogP contribution in [0.1, 0.15) is 12.0 Å². The molecule has 1 aromatic rings. The van der Waals surface area contributed by atoms with E-state index in [-0.39, 0.29) is 13.0 Å². The number of urea groups is 1. The summed E-state index contributed by atoms with van der Waals surface area (Å²) in [4.78, 5) is 21.8. The number of nitrogens with one attached hydrogen (secondary N) is 2. The number of carbonyl (C=O) groups is 2. The van der Waals surface area contributed by atoms with Gasteiger partial charge in [0.25, 0.3) is 0 Å². The number of hydrogen-bond donors (Lipinski definition) is 3. The Morgan fingerprint density at radius 2 is 2.16 bits per heavy atom. The maximum Gasteiger partial charge on any atom is 0.328 e. The molecule has 1 aromatic carbocycles. The fourth-order valence-electron chi connectivity index (χ4n) is 1.33. The number of anilines is 1. The quantitative estimate of drug-likeness (QED) is 0.546. The van der Waals surface area contributed by atoms with Gasteiger partial charge in [0.15, 0.2) is 0 Å². The molecule has 0 unspecified atom stereocenters. The Bertz CT molecular complexity index is 475. The van der Waals surface area contributed by atoms with Gasteiger partial charge in [0, 0.05) is 18.3 Å². The van der Waals surface area contributed by atoms with Gasteiger partial charge in [0.2, 0.25) is 0 Å². The summed E-state index contributed by atoms with van der Waals surface area (Å²) >= 11 is 0. The standard InChI is InChI=1S/C13H15FN2O3/c14-7-2-8-15-13(19)16-11-4-1-3-10(9-11)5-6-12(17)18/h1,3-6,9H,2,7-8H2,(H,17,18)(H2,15,16,19)/b6-5+. The van der Waals surface area contributed by atoms with Crippen LogP contribution in [0.25, 0.3) is 6.08 Å². The smallest absolute Gasteiger partial charge is 0.328 e. The summed E-state index contributed by atoms with van der Waals surface area (Å²) in [6, 6.07) is 6.29. The zero-order chi connectivity index (χ0) is 14.1. The summed E-state index contributed by atoms with van der Waals surface area (Å²) in [6.45, 7) is -0.212. The van der Waals surface area contributed by atoms with Crippen LogP contribution in [0.15, 0.2) is 30.3 Å². The SMILES string of the molecule is O=C(O)/C=C/c1cccc(NC(=O)NCCCF)c1. The number of benzene rings is 1. The maximum atomic E-state index is 11.8. The second kappa shape index (κ2) is 7.86. The molecule has 0 heterocycles. The Balaban J connectivity index is 2.56. The Hall–Kier alpha value is -2.37. The molecule has 0 saturated carbocycles. The van der Waals surface area contributed by atoms with Crippen molar-refractivity contribution in [1.82, 2.24) is 5.32 Å². The number of halogens is 1. The first-order chi connectivity index (χ1) is 9.11. The predicted octanol–water partition coefficient (Wildman–Crippen LogP) is 2.27. The molecule has 0 aliphatic carbocycles. The molecule has 0 atom stereocenters. The molecular weight excluding hydrogens is 251 g/mol. The van der Waals surface area contributed by atoms with E-state index in [1.165, 1.54) is 6.08 Å². The highest BCUT2D eigenvalue weighted by Gasteiger charge is 2.01. The number of amides is 2. The monoisotopic (exact) mass is 266 g/mol. The zero-order valence-electron chi connectivity index (χ0n) is 10.2. The van der Waals surface area contributed by atoms with Gasteiger partial charge < -0.3 is 15.7 Å². The zero-order valence-corrected chi connectivity index (χ0v) is 10.2. The van der Waals surface area contributed by atoms with Crippen LogP contribution < -0.4 is 10.6 Å². The first kappa shape index (κ1) is 14.7. The van der Waals surface area contributed by atoms with Gasteiger partial charge in [-0.1, -0.05) is 12.1 Å². The largest absolute Gasteiger partial charge is 0.478 e. The molecule has 1 rings (SSSR count). The first-order valence-electron chi connectivity index (χ1n) is 5.73. The highest BCUT2D eigenvalue weighted by molar-refractivity contribution is 5.90. The minimum absolute atomic E-state index is 0.265. The molecule has 0 aliphatic rings. The van der Waals surface area contributed by atoms with Crippen molar-refractivity contribution in [2.45, 2.75) is 6.42 Å². The number of carboxylic acid groups (broad SMARTS) is 1. The molecule has 3 N–H and O–H groups in total. The van der Waals surface area contributed by atoms with E-state index in [2.05, 4.69) is 10.6 Å². The molecule has 0 spiro atoms. The molecular formula is C13H15FN2O3. The van der Waals surface area contributed by atoms with Gasteiger partial charge in [0.05, 0.1) is 6.67 Å². The number of carboxylic acids is 1. The van der Waals surface area contributed by atoms with Crippen LogP contribution in [0.5, 0.6) is 0 Å². The van der Waals surface area contributed by atoms with Crippen LogP contribution >= 0.6 is 0 Å². The van der Waals surface area contributed by atoms with Crippen molar-refractivity contribution < 1.29 is 19.1 Å². The molecule has 102 valence electrons. The lowest BCUT2D eigenvalue weighted by Crippen LogP contribution is -2.29. The van der Waals surface area contributed by atoms with E-state index in [1.54, 1.807) is 24.3 Å². The molecule has 0 saturated heterocycles. The van der Waals surface area contributed by atoms with Gasteiger partial charge in [0.1, 0.15) is 0 Å². The van der Waals surface area contributed by atoms with E-state index in [0.717, 1.165) is 6.08 Å². The topological polar surface area (TPSA) is 78.4 Å². The van der Waals surface area contributed by atoms with Gasteiger partial charge in [-0.25, -0.2) is 9.59 Å². The average molecular weight is 266 g/mol. The third-order valence-electron chi connectivity index (χ3n) is 2.16. The molecule has 19 heavy (non-hydrogen) atoms. The first-order valence-corrected chi connectivity index (χ1v) is 5.73. The summed E-state index contributed by atoms with van der Waals surface area (Å²) in [5, 5.41) is 13.6. The Morgan fingerprint density at radius 3 is 2.84 bits per heavy atom. The minimum atomic E-state index is -1.04. The average Bonchev–Trinajstić information content (AvgIpc) is 2.37. The van der Waals surface area contributed by atoms with Crippen molar-refractivity contribution in [2.75, 3.05) is 18.5 Å². The van der Waals surface area contributed by atoms with E-state index in [4.69, 9.17) is 5.11 Å². The van der Waals surface area contributed by atoms with Gasteiger partial charge >= 0.3 is 12.0 Å². The van der Waals surface area contributed by atoms with E-state index >= 15 is 0 Å². The molecule has 0 bridgehead atoms. The predicted molar refractivity (Wildman–Crippen MR) is 70.7 cm³/mol. The van der Waals surface area contributed by atoms with Gasteiger partial charge in [-0.3, -0.25) is 4.39 Å². The van der Waals surface area contributed by atoms with Gasteiger partial charge in [-0.15, -0.1) is 0 Å². The Kier molecular flexibility index (Phi) is 6.08. The van der Waals surface area contributed by atoms with Crippen LogP contribution in [-0.4, -0.2) is 30.3 Å². The van der Waals surface area contributed by atoms with Crippen molar-refractivity contribution in [3.8, 4) is 0 Å². The lowest BCUT2D eigenvalue weighted by molar-refractivity contribution is -0.131. The summed E-state index contributed by atoms with van der Waals surface area (Å²) in [6.07, 6.45) is 2.71. The second-order valence-corrected chi connectivity index (χ2v) is 3.72. The number of rotatable bonds is 6. The third kappa shape index (κ3) is 6.21. The van der Waals surface area contributed by atoms with Crippen LogP contribution in [0, 0.1) is 0 Å². The minimum Gasteiger partial charge on any atom is -0.478 e. The number of hydrogen-bond acceptors (Lipinski definition) is 2. The molecule has 5 nitrogen and oxygen atoms in total. The normalized spacial score (nSPS) is 10.4. The summed E-state index contributed by atoms with van der Waals surface area (Å²) < 4.78 is 11.8. The number of carbonyl (C=O) groups excluding carboxylic acids is 1. The molecule has 0 aliphatic heterocycles. The van der Waals surface area contributed by atoms with Crippen molar-refractivity contribution in [3.63, 3.8) is 0 Å². The summed E-state index contributed by atoms with van der Waals surface area (Å²) in [5.41, 5.74) is 1.19. The molecule has 2 amide bonds.